The van der Waals surface area contributed by atoms with E-state index in [1.165, 1.54) is 5.69 Å². The van der Waals surface area contributed by atoms with Crippen LogP contribution in [0.25, 0.3) is 0 Å². The first kappa shape index (κ1) is 18.1. The van der Waals surface area contributed by atoms with Crippen LogP contribution in [0.3, 0.4) is 0 Å². The lowest BCUT2D eigenvalue weighted by Gasteiger charge is -2.35. The number of hydrogen-bond donors (Lipinski definition) is 2. The van der Waals surface area contributed by atoms with Crippen LogP contribution in [-0.4, -0.2) is 54.9 Å². The van der Waals surface area contributed by atoms with Gasteiger partial charge in [-0.1, -0.05) is 31.0 Å². The van der Waals surface area contributed by atoms with Crippen LogP contribution >= 0.6 is 0 Å². The number of aliphatic hydroxyl groups excluding tert-OH is 1. The van der Waals surface area contributed by atoms with Gasteiger partial charge in [0.1, 0.15) is 0 Å². The summed E-state index contributed by atoms with van der Waals surface area (Å²) in [6, 6.07) is 10.7. The minimum atomic E-state index is -0.252. The molecule has 2 atom stereocenters. The Morgan fingerprint density at radius 3 is 2.52 bits per heavy atom. The van der Waals surface area contributed by atoms with Crippen molar-refractivity contribution in [3.63, 3.8) is 0 Å². The molecular formula is C20H31N3O2. The van der Waals surface area contributed by atoms with Gasteiger partial charge < -0.3 is 20.2 Å². The molecule has 2 aliphatic rings. The maximum atomic E-state index is 12.5. The van der Waals surface area contributed by atoms with Crippen molar-refractivity contribution in [2.45, 2.75) is 50.7 Å². The summed E-state index contributed by atoms with van der Waals surface area (Å²) in [7, 11) is 1.84. The second-order valence-electron chi connectivity index (χ2n) is 7.54. The molecular weight excluding hydrogens is 314 g/mol. The number of benzene rings is 1. The lowest BCUT2D eigenvalue weighted by Crippen LogP contribution is -2.50. The van der Waals surface area contributed by atoms with Crippen molar-refractivity contribution < 1.29 is 9.90 Å². The van der Waals surface area contributed by atoms with E-state index in [1.54, 1.807) is 4.90 Å². The number of nitrogens with one attached hydrogen (secondary N) is 1. The number of hydrogen-bond acceptors (Lipinski definition) is 3. The Hall–Kier alpha value is -1.75. The number of carbonyl (C=O) groups excluding carboxylic acids is 1. The molecule has 1 aromatic carbocycles. The van der Waals surface area contributed by atoms with Crippen LogP contribution in [0.15, 0.2) is 30.3 Å². The Morgan fingerprint density at radius 1 is 1.16 bits per heavy atom. The molecule has 3 rings (SSSR count). The third-order valence-electron chi connectivity index (χ3n) is 5.67. The highest BCUT2D eigenvalue weighted by atomic mass is 16.3. The molecule has 25 heavy (non-hydrogen) atoms. The highest BCUT2D eigenvalue weighted by molar-refractivity contribution is 5.74. The molecule has 1 aliphatic heterocycles. The molecule has 1 aliphatic carbocycles. The number of anilines is 1. The molecule has 138 valence electrons. The van der Waals surface area contributed by atoms with Crippen molar-refractivity contribution in [2.24, 2.45) is 5.92 Å². The van der Waals surface area contributed by atoms with Crippen LogP contribution in [0, 0.1) is 5.92 Å². The fourth-order valence-electron chi connectivity index (χ4n) is 4.04. The normalized spacial score (nSPS) is 24.8. The van der Waals surface area contributed by atoms with Gasteiger partial charge in [-0.3, -0.25) is 0 Å². The zero-order chi connectivity index (χ0) is 17.6. The fraction of sp³-hybridized carbons (Fsp3) is 0.650. The molecule has 5 nitrogen and oxygen atoms in total. The zero-order valence-electron chi connectivity index (χ0n) is 15.2. The largest absolute Gasteiger partial charge is 0.393 e. The topological polar surface area (TPSA) is 55.8 Å². The smallest absolute Gasteiger partial charge is 0.317 e. The Labute approximate surface area is 151 Å². The lowest BCUT2D eigenvalue weighted by molar-refractivity contribution is 0.0562. The summed E-state index contributed by atoms with van der Waals surface area (Å²) in [5, 5.41) is 13.3. The summed E-state index contributed by atoms with van der Waals surface area (Å²) in [6.07, 6.45) is 5.86. The Morgan fingerprint density at radius 2 is 1.84 bits per heavy atom. The second-order valence-corrected chi connectivity index (χ2v) is 7.54. The highest BCUT2D eigenvalue weighted by Gasteiger charge is 2.27. The van der Waals surface area contributed by atoms with Crippen molar-refractivity contribution in [3.05, 3.63) is 30.3 Å². The number of nitrogens with zero attached hydrogens (tertiary/aromatic N) is 2. The monoisotopic (exact) mass is 345 g/mol. The number of para-hydroxylation sites is 1. The van der Waals surface area contributed by atoms with E-state index in [0.717, 1.165) is 51.6 Å². The van der Waals surface area contributed by atoms with Gasteiger partial charge in [0.25, 0.3) is 0 Å². The third-order valence-corrected chi connectivity index (χ3v) is 5.67. The number of amides is 2. The Bertz CT molecular complexity index is 543. The SMILES string of the molecule is CN(C[C@H]1CCCC[C@@H]1O)C(=O)NC1CCN(c2ccccc2)CC1. The van der Waals surface area contributed by atoms with E-state index < -0.39 is 0 Å². The first-order valence-corrected chi connectivity index (χ1v) is 9.63. The molecule has 0 aromatic heterocycles. The van der Waals surface area contributed by atoms with Gasteiger partial charge in [0.2, 0.25) is 0 Å². The predicted molar refractivity (Wildman–Crippen MR) is 101 cm³/mol. The molecule has 0 radical (unpaired) electrons. The van der Waals surface area contributed by atoms with Crippen LogP contribution in [-0.2, 0) is 0 Å². The zero-order valence-corrected chi connectivity index (χ0v) is 15.2. The van der Waals surface area contributed by atoms with E-state index >= 15 is 0 Å². The molecule has 2 fully saturated rings. The van der Waals surface area contributed by atoms with Crippen molar-refractivity contribution in [2.75, 3.05) is 31.6 Å². The quantitative estimate of drug-likeness (QED) is 0.882. The van der Waals surface area contributed by atoms with E-state index in [2.05, 4.69) is 34.5 Å². The van der Waals surface area contributed by atoms with Crippen LogP contribution in [0.1, 0.15) is 38.5 Å². The highest BCUT2D eigenvalue weighted by Crippen LogP contribution is 2.25. The molecule has 1 aromatic rings. The molecule has 2 N–H and O–H groups in total. The van der Waals surface area contributed by atoms with Crippen LogP contribution in [0.5, 0.6) is 0 Å². The average Bonchev–Trinajstić information content (AvgIpc) is 2.65. The molecule has 0 bridgehead atoms. The summed E-state index contributed by atoms with van der Waals surface area (Å²) in [4.78, 5) is 16.6. The van der Waals surface area contributed by atoms with Gasteiger partial charge in [-0.15, -0.1) is 0 Å². The molecule has 0 unspecified atom stereocenters. The number of rotatable bonds is 4. The summed E-state index contributed by atoms with van der Waals surface area (Å²) in [5.74, 6) is 0.226. The van der Waals surface area contributed by atoms with E-state index in [4.69, 9.17) is 0 Å². The first-order valence-electron chi connectivity index (χ1n) is 9.63. The Balaban J connectivity index is 1.42. The van der Waals surface area contributed by atoms with Gasteiger partial charge in [-0.25, -0.2) is 4.79 Å². The van der Waals surface area contributed by atoms with Crippen LogP contribution in [0.2, 0.25) is 0 Å². The van der Waals surface area contributed by atoms with E-state index in [0.29, 0.717) is 6.54 Å². The van der Waals surface area contributed by atoms with Crippen molar-refractivity contribution in [3.8, 4) is 0 Å². The van der Waals surface area contributed by atoms with E-state index in [1.807, 2.05) is 13.1 Å². The Kier molecular flexibility index (Phi) is 6.19. The summed E-state index contributed by atoms with van der Waals surface area (Å²) in [6.45, 7) is 2.59. The summed E-state index contributed by atoms with van der Waals surface area (Å²) >= 11 is 0. The molecule has 5 heteroatoms. The van der Waals surface area contributed by atoms with Gasteiger partial charge in [0.15, 0.2) is 0 Å². The van der Waals surface area contributed by atoms with Gasteiger partial charge in [0.05, 0.1) is 6.10 Å². The van der Waals surface area contributed by atoms with E-state index in [-0.39, 0.29) is 24.1 Å². The number of piperidine rings is 1. The standard InChI is InChI=1S/C20H31N3O2/c1-22(15-16-7-5-6-10-19(16)24)20(25)21-17-11-13-23(14-12-17)18-8-3-2-4-9-18/h2-4,8-9,16-17,19,24H,5-7,10-15H2,1H3,(H,21,25)/t16-,19+/m1/s1. The second kappa shape index (κ2) is 8.56. The summed E-state index contributed by atoms with van der Waals surface area (Å²) < 4.78 is 0. The van der Waals surface area contributed by atoms with E-state index in [9.17, 15) is 9.90 Å². The van der Waals surface area contributed by atoms with Gasteiger partial charge in [-0.05, 0) is 37.8 Å². The maximum absolute atomic E-state index is 12.5. The van der Waals surface area contributed by atoms with Crippen LogP contribution < -0.4 is 10.2 Å². The van der Waals surface area contributed by atoms with Gasteiger partial charge in [0, 0.05) is 44.3 Å². The van der Waals surface area contributed by atoms with Gasteiger partial charge >= 0.3 is 6.03 Å². The van der Waals surface area contributed by atoms with Crippen molar-refractivity contribution in [1.82, 2.24) is 10.2 Å². The summed E-state index contributed by atoms with van der Waals surface area (Å²) in [5.41, 5.74) is 1.26. The molecule has 1 saturated carbocycles. The predicted octanol–water partition coefficient (Wildman–Crippen LogP) is 2.85. The lowest BCUT2D eigenvalue weighted by atomic mass is 9.86. The maximum Gasteiger partial charge on any atom is 0.317 e. The average molecular weight is 345 g/mol. The minimum Gasteiger partial charge on any atom is -0.393 e. The third kappa shape index (κ3) is 4.88. The van der Waals surface area contributed by atoms with Gasteiger partial charge in [-0.2, -0.15) is 0 Å². The first-order chi connectivity index (χ1) is 12.1. The fourth-order valence-corrected chi connectivity index (χ4v) is 4.04. The van der Waals surface area contributed by atoms with Crippen molar-refractivity contribution in [1.29, 1.82) is 0 Å². The van der Waals surface area contributed by atoms with Crippen LogP contribution in [0.4, 0.5) is 10.5 Å². The minimum absolute atomic E-state index is 0.00376. The molecule has 1 saturated heterocycles. The number of carbonyl (C=O) groups is 1. The molecule has 0 spiro atoms. The molecule has 2 amide bonds. The number of aliphatic hydroxyl groups is 1. The van der Waals surface area contributed by atoms with Crippen molar-refractivity contribution >= 4 is 11.7 Å². The molecule has 1 heterocycles. The number of urea groups is 1.